The third-order valence-corrected chi connectivity index (χ3v) is 2.58. The monoisotopic (exact) mass is 274 g/mol. The maximum Gasteiger partial charge on any atom is 0.176 e. The van der Waals surface area contributed by atoms with Crippen molar-refractivity contribution in [1.82, 2.24) is 0 Å². The summed E-state index contributed by atoms with van der Waals surface area (Å²) in [6.07, 6.45) is 0. The third-order valence-electron chi connectivity index (χ3n) is 1.89. The van der Waals surface area contributed by atoms with Crippen molar-refractivity contribution in [3.8, 4) is 0 Å². The summed E-state index contributed by atoms with van der Waals surface area (Å²) in [6, 6.07) is 5.14. The number of benzene rings is 1. The molecule has 4 heteroatoms. The van der Waals surface area contributed by atoms with Crippen molar-refractivity contribution < 1.29 is 9.90 Å². The van der Waals surface area contributed by atoms with Crippen LogP contribution in [0.4, 0.5) is 0 Å². The topological polar surface area (TPSA) is 37.3 Å². The van der Waals surface area contributed by atoms with Gasteiger partial charge in [0, 0.05) is 10.5 Å². The Morgan fingerprint density at radius 1 is 1.64 bits per heavy atom. The number of rotatable bonds is 3. The fraction of sp³-hybridized carbons (Fsp3) is 0.300. The maximum absolute atomic E-state index is 11.7. The molecule has 1 rings (SSSR count). The third kappa shape index (κ3) is 2.59. The van der Waals surface area contributed by atoms with Crippen molar-refractivity contribution in [3.05, 3.63) is 29.3 Å². The number of halogens is 1. The molecule has 0 saturated heterocycles. The quantitative estimate of drug-likeness (QED) is 0.505. The van der Waals surface area contributed by atoms with Crippen molar-refractivity contribution in [2.24, 2.45) is 0 Å². The second kappa shape index (κ2) is 4.96. The van der Waals surface area contributed by atoms with Gasteiger partial charge < -0.3 is 5.11 Å². The number of alkyl halides is 1. The first kappa shape index (κ1) is 11.8. The van der Waals surface area contributed by atoms with Crippen LogP contribution in [-0.4, -0.2) is 15.7 Å². The van der Waals surface area contributed by atoms with E-state index in [0.29, 0.717) is 11.1 Å². The Morgan fingerprint density at radius 2 is 2.29 bits per heavy atom. The molecule has 1 atom stereocenters. The highest BCUT2D eigenvalue weighted by molar-refractivity contribution is 9.10. The number of carbonyl (C=O) groups is 1. The molecule has 0 aliphatic carbocycles. The minimum absolute atomic E-state index is 0.0371. The molecule has 14 heavy (non-hydrogen) atoms. The lowest BCUT2D eigenvalue weighted by Crippen LogP contribution is -2.12. The van der Waals surface area contributed by atoms with Crippen molar-refractivity contribution >= 4 is 34.3 Å². The summed E-state index contributed by atoms with van der Waals surface area (Å²) in [5.41, 5.74) is 1.17. The molecule has 1 aromatic carbocycles. The molecule has 1 unspecified atom stereocenters. The predicted octanol–water partition coefficient (Wildman–Crippen LogP) is 2.43. The van der Waals surface area contributed by atoms with Crippen LogP contribution >= 0.6 is 28.6 Å². The summed E-state index contributed by atoms with van der Waals surface area (Å²) in [7, 11) is 0. The first-order valence-electron chi connectivity index (χ1n) is 4.17. The zero-order valence-electron chi connectivity index (χ0n) is 7.70. The van der Waals surface area contributed by atoms with Gasteiger partial charge in [0.1, 0.15) is 0 Å². The summed E-state index contributed by atoms with van der Waals surface area (Å²) >= 11 is 7.36. The van der Waals surface area contributed by atoms with Gasteiger partial charge in [0.25, 0.3) is 0 Å². The van der Waals surface area contributed by atoms with Crippen LogP contribution in [0.2, 0.25) is 0 Å². The van der Waals surface area contributed by atoms with Gasteiger partial charge in [0.2, 0.25) is 0 Å². The van der Waals surface area contributed by atoms with Crippen LogP contribution in [0.3, 0.4) is 0 Å². The lowest BCUT2D eigenvalue weighted by atomic mass is 10.0. The van der Waals surface area contributed by atoms with E-state index in [2.05, 4.69) is 28.6 Å². The Labute approximate surface area is 96.9 Å². The largest absolute Gasteiger partial charge is 0.392 e. The van der Waals surface area contributed by atoms with E-state index in [9.17, 15) is 4.79 Å². The normalized spacial score (nSPS) is 12.6. The first-order valence-corrected chi connectivity index (χ1v) is 5.53. The number of Topliss-reactive ketones (excluding diaryl/α,β-unsaturated/α-hetero) is 1. The summed E-state index contributed by atoms with van der Waals surface area (Å²) in [6.45, 7) is 1.63. The highest BCUT2D eigenvalue weighted by Crippen LogP contribution is 2.18. The van der Waals surface area contributed by atoms with Gasteiger partial charge in [-0.15, -0.1) is 12.6 Å². The summed E-state index contributed by atoms with van der Waals surface area (Å²) in [5.74, 6) is -0.0371. The van der Waals surface area contributed by atoms with Crippen molar-refractivity contribution in [3.63, 3.8) is 0 Å². The Morgan fingerprint density at radius 3 is 2.79 bits per heavy atom. The van der Waals surface area contributed by atoms with E-state index >= 15 is 0 Å². The minimum atomic E-state index is -0.247. The molecule has 0 aliphatic heterocycles. The molecule has 0 bridgehead atoms. The maximum atomic E-state index is 11.7. The van der Waals surface area contributed by atoms with Gasteiger partial charge in [-0.3, -0.25) is 4.79 Å². The minimum Gasteiger partial charge on any atom is -0.392 e. The molecular formula is C10H11BrO2S. The van der Waals surface area contributed by atoms with Gasteiger partial charge in [-0.1, -0.05) is 22.0 Å². The average molecular weight is 275 g/mol. The number of hydrogen-bond donors (Lipinski definition) is 2. The van der Waals surface area contributed by atoms with Gasteiger partial charge in [-0.05, 0) is 24.6 Å². The lowest BCUT2D eigenvalue weighted by molar-refractivity contribution is 0.0992. The fourth-order valence-corrected chi connectivity index (χ4v) is 1.60. The van der Waals surface area contributed by atoms with Gasteiger partial charge in [0.15, 0.2) is 5.78 Å². The number of carbonyl (C=O) groups excluding carboxylic acids is 1. The molecule has 0 amide bonds. The molecule has 0 heterocycles. The van der Waals surface area contributed by atoms with Crippen molar-refractivity contribution in [2.45, 2.75) is 23.3 Å². The van der Waals surface area contributed by atoms with Crippen LogP contribution in [-0.2, 0) is 6.61 Å². The van der Waals surface area contributed by atoms with Crippen LogP contribution in [0, 0.1) is 0 Å². The smallest absolute Gasteiger partial charge is 0.176 e. The summed E-state index contributed by atoms with van der Waals surface area (Å²) in [5, 5.41) is 9.05. The zero-order valence-corrected chi connectivity index (χ0v) is 10.2. The van der Waals surface area contributed by atoms with E-state index in [0.717, 1.165) is 4.90 Å². The Balaban J connectivity index is 3.17. The molecule has 76 valence electrons. The molecule has 0 fully saturated rings. The molecule has 0 aromatic heterocycles. The number of aliphatic hydroxyl groups is 1. The number of thiol groups is 1. The molecule has 0 saturated carbocycles. The number of hydrogen-bond acceptors (Lipinski definition) is 3. The molecule has 0 spiro atoms. The van der Waals surface area contributed by atoms with Crippen LogP contribution in [0.1, 0.15) is 22.8 Å². The molecule has 1 N–H and O–H groups in total. The lowest BCUT2D eigenvalue weighted by Gasteiger charge is -2.08. The van der Waals surface area contributed by atoms with E-state index in [1.54, 1.807) is 25.1 Å². The zero-order chi connectivity index (χ0) is 10.7. The van der Waals surface area contributed by atoms with Crippen LogP contribution < -0.4 is 0 Å². The second-order valence-electron chi connectivity index (χ2n) is 2.98. The van der Waals surface area contributed by atoms with E-state index in [-0.39, 0.29) is 17.2 Å². The average Bonchev–Trinajstić information content (AvgIpc) is 2.16. The van der Waals surface area contributed by atoms with E-state index in [1.165, 1.54) is 0 Å². The first-order chi connectivity index (χ1) is 6.56. The number of ketones is 1. The summed E-state index contributed by atoms with van der Waals surface area (Å²) < 4.78 is 0. The summed E-state index contributed by atoms with van der Waals surface area (Å²) in [4.78, 5) is 12.2. The van der Waals surface area contributed by atoms with Gasteiger partial charge in [0.05, 0.1) is 11.4 Å². The van der Waals surface area contributed by atoms with E-state index < -0.39 is 0 Å². The SMILES string of the molecule is CC(Br)C(=O)c1cc(S)ccc1CO. The van der Waals surface area contributed by atoms with Crippen LogP contribution in [0.15, 0.2) is 23.1 Å². The fourth-order valence-electron chi connectivity index (χ4n) is 1.15. The Bertz CT molecular complexity index is 350. The number of aliphatic hydroxyl groups excluding tert-OH is 1. The van der Waals surface area contributed by atoms with Gasteiger partial charge in [-0.25, -0.2) is 0 Å². The standard InChI is InChI=1S/C10H11BrO2S/c1-6(11)10(13)9-4-8(14)3-2-7(9)5-12/h2-4,6,12,14H,5H2,1H3. The molecule has 1 aromatic rings. The van der Waals surface area contributed by atoms with Crippen molar-refractivity contribution in [2.75, 3.05) is 0 Å². The van der Waals surface area contributed by atoms with Crippen LogP contribution in [0.5, 0.6) is 0 Å². The predicted molar refractivity (Wildman–Crippen MR) is 62.3 cm³/mol. The molecule has 0 aliphatic rings. The van der Waals surface area contributed by atoms with E-state index in [4.69, 9.17) is 5.11 Å². The van der Waals surface area contributed by atoms with Crippen molar-refractivity contribution in [1.29, 1.82) is 0 Å². The highest BCUT2D eigenvalue weighted by Gasteiger charge is 2.15. The van der Waals surface area contributed by atoms with Gasteiger partial charge in [-0.2, -0.15) is 0 Å². The molecule has 0 radical (unpaired) electrons. The second-order valence-corrected chi connectivity index (χ2v) is 4.87. The highest BCUT2D eigenvalue weighted by atomic mass is 79.9. The van der Waals surface area contributed by atoms with Crippen LogP contribution in [0.25, 0.3) is 0 Å². The molecular weight excluding hydrogens is 264 g/mol. The van der Waals surface area contributed by atoms with E-state index in [1.807, 2.05) is 0 Å². The molecule has 2 nitrogen and oxygen atoms in total. The Kier molecular flexibility index (Phi) is 4.16. The van der Waals surface area contributed by atoms with Gasteiger partial charge >= 0.3 is 0 Å². The Hall–Kier alpha value is -0.320.